The van der Waals surface area contributed by atoms with Crippen molar-refractivity contribution in [3.63, 3.8) is 0 Å². The first-order valence-electron chi connectivity index (χ1n) is 19.1. The van der Waals surface area contributed by atoms with Crippen molar-refractivity contribution in [2.24, 2.45) is 0 Å². The van der Waals surface area contributed by atoms with Gasteiger partial charge in [-0.3, -0.25) is 0 Å². The van der Waals surface area contributed by atoms with Crippen LogP contribution >= 0.6 is 0 Å². The maximum Gasteiger partial charge on any atom is 0.0806 e. The van der Waals surface area contributed by atoms with E-state index < -0.39 is 5.41 Å². The molecule has 0 N–H and O–H groups in total. The van der Waals surface area contributed by atoms with Gasteiger partial charge in [0.1, 0.15) is 0 Å². The largest absolute Gasteiger partial charge is 0.311 e. The topological polar surface area (TPSA) is 6.48 Å². The SMILES string of the molecule is CC#CC#CC#CC#CC1(C)c2cc(C)ccc2-c2ccc(-c3ccc(N(c4ccccc4)c4ccc(N(c5ccccc5)c5ccc(C)cc5)cc4)cc3)cc21. The third kappa shape index (κ3) is 7.43. The van der Waals surface area contributed by atoms with Crippen molar-refractivity contribution < 1.29 is 0 Å². The summed E-state index contributed by atoms with van der Waals surface area (Å²) in [6.07, 6.45) is 0. The van der Waals surface area contributed by atoms with Gasteiger partial charge in [0.15, 0.2) is 0 Å². The highest BCUT2D eigenvalue weighted by atomic mass is 15.2. The van der Waals surface area contributed by atoms with Crippen molar-refractivity contribution in [2.75, 3.05) is 9.80 Å². The number of rotatable bonds is 7. The summed E-state index contributed by atoms with van der Waals surface area (Å²) in [5.41, 5.74) is 15.6. The molecule has 0 saturated heterocycles. The third-order valence-corrected chi connectivity index (χ3v) is 10.5. The zero-order valence-corrected chi connectivity index (χ0v) is 32.6. The van der Waals surface area contributed by atoms with E-state index in [4.69, 9.17) is 0 Å². The van der Waals surface area contributed by atoms with Crippen molar-refractivity contribution in [2.45, 2.75) is 33.1 Å². The Kier molecular flexibility index (Phi) is 10.2. The van der Waals surface area contributed by atoms with Crippen LogP contribution in [0.3, 0.4) is 0 Å². The van der Waals surface area contributed by atoms with Crippen LogP contribution < -0.4 is 9.80 Å². The molecule has 0 fully saturated rings. The highest BCUT2D eigenvalue weighted by Crippen LogP contribution is 2.50. The summed E-state index contributed by atoms with van der Waals surface area (Å²) >= 11 is 0. The van der Waals surface area contributed by atoms with Gasteiger partial charge in [-0.25, -0.2) is 0 Å². The van der Waals surface area contributed by atoms with Gasteiger partial charge in [0.05, 0.1) is 5.41 Å². The molecule has 0 amide bonds. The molecule has 7 aromatic rings. The van der Waals surface area contributed by atoms with Crippen molar-refractivity contribution in [1.29, 1.82) is 0 Å². The standard InChI is InChI=1S/C55H40N2/c1-5-6-7-8-9-10-17-38-55(4)53-39-42(3)24-36-51(53)52-37-27-44(40-54(52)55)43-25-30-48(31-26-43)57(46-20-15-12-16-21-46)50-34-32-49(33-35-50)56(45-18-13-11-14-19-45)47-28-22-41(2)23-29-47/h11-16,18-37,39-40H,1-4H3. The molecule has 0 bridgehead atoms. The quantitative estimate of drug-likeness (QED) is 0.151. The van der Waals surface area contributed by atoms with Crippen LogP contribution in [0.4, 0.5) is 34.1 Å². The second-order valence-corrected chi connectivity index (χ2v) is 14.3. The molecular formula is C55H40N2. The van der Waals surface area contributed by atoms with Crippen LogP contribution in [-0.4, -0.2) is 0 Å². The van der Waals surface area contributed by atoms with E-state index in [-0.39, 0.29) is 0 Å². The number of nitrogens with zero attached hydrogens (tertiary/aromatic N) is 2. The molecule has 0 radical (unpaired) electrons. The Bertz CT molecular complexity index is 2820. The lowest BCUT2D eigenvalue weighted by molar-refractivity contribution is 0.778. The van der Waals surface area contributed by atoms with Crippen LogP contribution in [0.15, 0.2) is 170 Å². The highest BCUT2D eigenvalue weighted by Gasteiger charge is 2.38. The molecule has 1 aliphatic carbocycles. The number of benzene rings is 7. The summed E-state index contributed by atoms with van der Waals surface area (Å²) in [6, 6.07) is 60.9. The number of hydrogen-bond donors (Lipinski definition) is 0. The number of anilines is 6. The van der Waals surface area contributed by atoms with Gasteiger partial charge in [-0.1, -0.05) is 114 Å². The molecule has 7 aromatic carbocycles. The number of hydrogen-bond acceptors (Lipinski definition) is 2. The van der Waals surface area contributed by atoms with Crippen LogP contribution in [0.25, 0.3) is 22.3 Å². The Labute approximate surface area is 337 Å². The van der Waals surface area contributed by atoms with Crippen LogP contribution in [0.1, 0.15) is 36.1 Å². The minimum Gasteiger partial charge on any atom is -0.311 e. The molecule has 2 nitrogen and oxygen atoms in total. The van der Waals surface area contributed by atoms with E-state index in [0.717, 1.165) is 45.3 Å². The minimum absolute atomic E-state index is 0.524. The predicted octanol–water partition coefficient (Wildman–Crippen LogP) is 13.2. The monoisotopic (exact) mass is 728 g/mol. The number of fused-ring (bicyclic) bond motifs is 3. The van der Waals surface area contributed by atoms with Crippen LogP contribution in [0.2, 0.25) is 0 Å². The number of aryl methyl sites for hydroxylation is 2. The van der Waals surface area contributed by atoms with Gasteiger partial charge >= 0.3 is 0 Å². The molecule has 57 heavy (non-hydrogen) atoms. The fraction of sp³-hybridized carbons (Fsp3) is 0.0909. The van der Waals surface area contributed by atoms with E-state index in [1.165, 1.54) is 33.4 Å². The predicted molar refractivity (Wildman–Crippen MR) is 239 cm³/mol. The average molecular weight is 729 g/mol. The lowest BCUT2D eigenvalue weighted by Crippen LogP contribution is -2.18. The van der Waals surface area contributed by atoms with Gasteiger partial charge in [-0.15, -0.1) is 0 Å². The Balaban J connectivity index is 1.14. The van der Waals surface area contributed by atoms with Gasteiger partial charge in [-0.2, -0.15) is 0 Å². The van der Waals surface area contributed by atoms with Crippen molar-refractivity contribution in [3.05, 3.63) is 192 Å². The Hall–Kier alpha value is -7.62. The van der Waals surface area contributed by atoms with E-state index >= 15 is 0 Å². The van der Waals surface area contributed by atoms with Gasteiger partial charge in [-0.05, 0) is 175 Å². The van der Waals surface area contributed by atoms with Crippen molar-refractivity contribution in [1.82, 2.24) is 0 Å². The fourth-order valence-electron chi connectivity index (χ4n) is 7.60. The summed E-state index contributed by atoms with van der Waals surface area (Å²) in [7, 11) is 0. The smallest absolute Gasteiger partial charge is 0.0806 e. The second kappa shape index (κ2) is 16.0. The molecule has 0 aliphatic heterocycles. The van der Waals surface area contributed by atoms with E-state index in [0.29, 0.717) is 0 Å². The molecule has 1 unspecified atom stereocenters. The van der Waals surface area contributed by atoms with Gasteiger partial charge in [0, 0.05) is 34.1 Å². The van der Waals surface area contributed by atoms with Crippen LogP contribution in [0.5, 0.6) is 0 Å². The lowest BCUT2D eigenvalue weighted by atomic mass is 9.79. The Morgan fingerprint density at radius 2 is 0.789 bits per heavy atom. The molecule has 0 saturated carbocycles. The maximum absolute atomic E-state index is 3.52. The molecule has 0 aromatic heterocycles. The number of para-hydroxylation sites is 2. The molecule has 270 valence electrons. The fourth-order valence-corrected chi connectivity index (χ4v) is 7.60. The first-order chi connectivity index (χ1) is 27.9. The van der Waals surface area contributed by atoms with E-state index in [9.17, 15) is 0 Å². The second-order valence-electron chi connectivity index (χ2n) is 14.3. The van der Waals surface area contributed by atoms with Crippen LogP contribution in [-0.2, 0) is 5.41 Å². The Morgan fingerprint density at radius 1 is 0.386 bits per heavy atom. The summed E-state index contributed by atoms with van der Waals surface area (Å²) in [5.74, 6) is 23.4. The summed E-state index contributed by atoms with van der Waals surface area (Å²) in [4.78, 5) is 4.60. The lowest BCUT2D eigenvalue weighted by Gasteiger charge is -2.28. The molecule has 8 rings (SSSR count). The highest BCUT2D eigenvalue weighted by molar-refractivity contribution is 5.87. The zero-order chi connectivity index (χ0) is 39.2. The van der Waals surface area contributed by atoms with Gasteiger partial charge in [0.2, 0.25) is 0 Å². The van der Waals surface area contributed by atoms with E-state index in [1.807, 2.05) is 0 Å². The van der Waals surface area contributed by atoms with Gasteiger partial charge in [0.25, 0.3) is 0 Å². The zero-order valence-electron chi connectivity index (χ0n) is 32.6. The Morgan fingerprint density at radius 3 is 1.33 bits per heavy atom. The van der Waals surface area contributed by atoms with Crippen molar-refractivity contribution in [3.8, 4) is 69.6 Å². The van der Waals surface area contributed by atoms with Crippen molar-refractivity contribution >= 4 is 34.1 Å². The molecule has 2 heteroatoms. The summed E-state index contributed by atoms with van der Waals surface area (Å²) in [5, 5.41) is 0. The summed E-state index contributed by atoms with van der Waals surface area (Å²) < 4.78 is 0. The minimum atomic E-state index is -0.524. The van der Waals surface area contributed by atoms with E-state index in [2.05, 4.69) is 248 Å². The first-order valence-corrected chi connectivity index (χ1v) is 19.1. The average Bonchev–Trinajstić information content (AvgIpc) is 3.49. The van der Waals surface area contributed by atoms with E-state index in [1.54, 1.807) is 6.92 Å². The summed E-state index contributed by atoms with van der Waals surface area (Å²) in [6.45, 7) is 8.21. The first kappa shape index (κ1) is 36.4. The molecular weight excluding hydrogens is 689 g/mol. The van der Waals surface area contributed by atoms with Crippen LogP contribution in [0, 0.1) is 61.2 Å². The molecule has 0 heterocycles. The maximum atomic E-state index is 3.52. The molecule has 1 atom stereocenters. The molecule has 1 aliphatic rings. The molecule has 0 spiro atoms. The van der Waals surface area contributed by atoms with Gasteiger partial charge < -0.3 is 9.80 Å². The third-order valence-electron chi connectivity index (χ3n) is 10.5. The normalized spacial score (nSPS) is 13.1.